The van der Waals surface area contributed by atoms with Crippen molar-refractivity contribution in [3.05, 3.63) is 29.3 Å². The lowest BCUT2D eigenvalue weighted by Crippen LogP contribution is -2.39. The molecule has 5 heteroatoms. The lowest BCUT2D eigenvalue weighted by Gasteiger charge is -2.31. The fourth-order valence-corrected chi connectivity index (χ4v) is 2.56. The summed E-state index contributed by atoms with van der Waals surface area (Å²) in [5, 5.41) is 9.46. The maximum atomic E-state index is 8.73. The lowest BCUT2D eigenvalue weighted by molar-refractivity contribution is 0.000409. The van der Waals surface area contributed by atoms with Crippen LogP contribution in [0, 0.1) is 0 Å². The Bertz CT molecular complexity index is 391. The summed E-state index contributed by atoms with van der Waals surface area (Å²) in [5.41, 5.74) is 0. The molecule has 1 aliphatic rings. The standard InChI is InChI=1S/C16H24ClNO3/c17-14-2-4-15(5-3-14)21-13-10-18-8-6-16(7-9-18)20-12-1-11-19/h2-5,16,19H,1,6-13H2. The molecule has 1 aliphatic heterocycles. The molecule has 0 amide bonds. The number of piperidine rings is 1. The molecule has 118 valence electrons. The highest BCUT2D eigenvalue weighted by molar-refractivity contribution is 6.30. The quantitative estimate of drug-likeness (QED) is 0.749. The fraction of sp³-hybridized carbons (Fsp3) is 0.625. The van der Waals surface area contributed by atoms with Gasteiger partial charge in [0.05, 0.1) is 6.10 Å². The first-order chi connectivity index (χ1) is 10.3. The van der Waals surface area contributed by atoms with Gasteiger partial charge in [0.2, 0.25) is 0 Å². The topological polar surface area (TPSA) is 41.9 Å². The van der Waals surface area contributed by atoms with E-state index in [9.17, 15) is 0 Å². The second-order valence-electron chi connectivity index (χ2n) is 5.29. The Labute approximate surface area is 131 Å². The molecular weight excluding hydrogens is 290 g/mol. The summed E-state index contributed by atoms with van der Waals surface area (Å²) in [6.07, 6.45) is 3.21. The van der Waals surface area contributed by atoms with Crippen LogP contribution in [0.2, 0.25) is 5.02 Å². The van der Waals surface area contributed by atoms with E-state index >= 15 is 0 Å². The smallest absolute Gasteiger partial charge is 0.119 e. The summed E-state index contributed by atoms with van der Waals surface area (Å²) in [5.74, 6) is 0.863. The van der Waals surface area contributed by atoms with Crippen LogP contribution in [0.1, 0.15) is 19.3 Å². The minimum absolute atomic E-state index is 0.209. The van der Waals surface area contributed by atoms with E-state index in [0.29, 0.717) is 19.3 Å². The van der Waals surface area contributed by atoms with Crippen molar-refractivity contribution in [1.29, 1.82) is 0 Å². The average molecular weight is 314 g/mol. The van der Waals surface area contributed by atoms with Gasteiger partial charge in [-0.05, 0) is 43.5 Å². The number of hydrogen-bond acceptors (Lipinski definition) is 4. The Balaban J connectivity index is 1.57. The second kappa shape index (κ2) is 9.26. The zero-order valence-electron chi connectivity index (χ0n) is 12.3. The fourth-order valence-electron chi connectivity index (χ4n) is 2.44. The van der Waals surface area contributed by atoms with Crippen molar-refractivity contribution in [3.8, 4) is 5.75 Å². The first kappa shape index (κ1) is 16.6. The molecule has 0 spiro atoms. The van der Waals surface area contributed by atoms with Crippen LogP contribution >= 0.6 is 11.6 Å². The molecule has 0 radical (unpaired) electrons. The highest BCUT2D eigenvalue weighted by Gasteiger charge is 2.19. The van der Waals surface area contributed by atoms with Gasteiger partial charge in [0.1, 0.15) is 12.4 Å². The molecule has 1 aromatic rings. The van der Waals surface area contributed by atoms with Gasteiger partial charge < -0.3 is 14.6 Å². The van der Waals surface area contributed by atoms with Crippen LogP contribution in [0.4, 0.5) is 0 Å². The van der Waals surface area contributed by atoms with Crippen LogP contribution in [0.5, 0.6) is 5.75 Å². The van der Waals surface area contributed by atoms with Crippen LogP contribution in [0.25, 0.3) is 0 Å². The van der Waals surface area contributed by atoms with Crippen molar-refractivity contribution in [3.63, 3.8) is 0 Å². The first-order valence-corrected chi connectivity index (χ1v) is 7.99. The summed E-state index contributed by atoms with van der Waals surface area (Å²) < 4.78 is 11.4. The molecule has 1 fully saturated rings. The molecule has 21 heavy (non-hydrogen) atoms. The summed E-state index contributed by atoms with van der Waals surface area (Å²) in [7, 11) is 0. The van der Waals surface area contributed by atoms with E-state index in [2.05, 4.69) is 4.90 Å². The largest absolute Gasteiger partial charge is 0.492 e. The Morgan fingerprint density at radius 2 is 1.86 bits per heavy atom. The molecule has 2 rings (SSSR count). The highest BCUT2D eigenvalue weighted by Crippen LogP contribution is 2.16. The molecule has 0 bridgehead atoms. The van der Waals surface area contributed by atoms with Gasteiger partial charge in [0.15, 0.2) is 0 Å². The summed E-state index contributed by atoms with van der Waals surface area (Å²) in [6.45, 7) is 4.60. The zero-order chi connectivity index (χ0) is 14.9. The molecule has 0 aliphatic carbocycles. The van der Waals surface area contributed by atoms with E-state index in [1.165, 1.54) is 0 Å². The molecule has 0 aromatic heterocycles. The maximum absolute atomic E-state index is 8.73. The minimum Gasteiger partial charge on any atom is -0.492 e. The van der Waals surface area contributed by atoms with Crippen LogP contribution in [-0.4, -0.2) is 55.6 Å². The number of halogens is 1. The number of benzene rings is 1. The molecular formula is C16H24ClNO3. The number of rotatable bonds is 8. The lowest BCUT2D eigenvalue weighted by atomic mass is 10.1. The number of aliphatic hydroxyl groups excluding tert-OH is 1. The molecule has 4 nitrogen and oxygen atoms in total. The molecule has 1 heterocycles. The van der Waals surface area contributed by atoms with E-state index in [1.54, 1.807) is 0 Å². The van der Waals surface area contributed by atoms with Crippen molar-refractivity contribution < 1.29 is 14.6 Å². The van der Waals surface area contributed by atoms with E-state index in [4.69, 9.17) is 26.2 Å². The SMILES string of the molecule is OCCCOC1CCN(CCOc2ccc(Cl)cc2)CC1. The predicted molar refractivity (Wildman–Crippen MR) is 84.1 cm³/mol. The van der Waals surface area contributed by atoms with Gasteiger partial charge in [0, 0.05) is 37.9 Å². The van der Waals surface area contributed by atoms with E-state index < -0.39 is 0 Å². The third kappa shape index (κ3) is 6.22. The normalized spacial score (nSPS) is 17.0. The van der Waals surface area contributed by atoms with Crippen molar-refractivity contribution >= 4 is 11.6 Å². The van der Waals surface area contributed by atoms with E-state index in [1.807, 2.05) is 24.3 Å². The maximum Gasteiger partial charge on any atom is 0.119 e. The third-order valence-electron chi connectivity index (χ3n) is 3.68. The van der Waals surface area contributed by atoms with Crippen molar-refractivity contribution in [2.45, 2.75) is 25.4 Å². The average Bonchev–Trinajstić information content (AvgIpc) is 2.51. The molecule has 0 saturated carbocycles. The van der Waals surface area contributed by atoms with Gasteiger partial charge in [-0.1, -0.05) is 11.6 Å². The van der Waals surface area contributed by atoms with E-state index in [-0.39, 0.29) is 6.61 Å². The monoisotopic (exact) mass is 313 g/mol. The number of hydrogen-bond donors (Lipinski definition) is 1. The number of nitrogens with zero attached hydrogens (tertiary/aromatic N) is 1. The number of aliphatic hydroxyl groups is 1. The third-order valence-corrected chi connectivity index (χ3v) is 3.93. The van der Waals surface area contributed by atoms with Gasteiger partial charge in [-0.2, -0.15) is 0 Å². The van der Waals surface area contributed by atoms with Crippen LogP contribution in [0.3, 0.4) is 0 Å². The van der Waals surface area contributed by atoms with Gasteiger partial charge >= 0.3 is 0 Å². The Kier molecular flexibility index (Phi) is 7.30. The van der Waals surface area contributed by atoms with Crippen molar-refractivity contribution in [2.75, 3.05) is 39.5 Å². The Morgan fingerprint density at radius 3 is 2.52 bits per heavy atom. The molecule has 0 atom stereocenters. The van der Waals surface area contributed by atoms with Gasteiger partial charge in [-0.25, -0.2) is 0 Å². The van der Waals surface area contributed by atoms with Crippen LogP contribution in [0.15, 0.2) is 24.3 Å². The number of ether oxygens (including phenoxy) is 2. The van der Waals surface area contributed by atoms with Crippen LogP contribution < -0.4 is 4.74 Å². The molecule has 1 N–H and O–H groups in total. The van der Waals surface area contributed by atoms with Crippen molar-refractivity contribution in [2.24, 2.45) is 0 Å². The predicted octanol–water partition coefficient (Wildman–Crippen LogP) is 2.58. The summed E-state index contributed by atoms with van der Waals surface area (Å²) in [6, 6.07) is 7.46. The van der Waals surface area contributed by atoms with E-state index in [0.717, 1.165) is 49.7 Å². The molecule has 1 saturated heterocycles. The van der Waals surface area contributed by atoms with Crippen molar-refractivity contribution in [1.82, 2.24) is 4.90 Å². The first-order valence-electron chi connectivity index (χ1n) is 7.61. The zero-order valence-corrected chi connectivity index (χ0v) is 13.1. The highest BCUT2D eigenvalue weighted by atomic mass is 35.5. The minimum atomic E-state index is 0.209. The second-order valence-corrected chi connectivity index (χ2v) is 5.73. The molecule has 0 unspecified atom stereocenters. The Morgan fingerprint density at radius 1 is 1.14 bits per heavy atom. The Hall–Kier alpha value is -0.810. The summed E-state index contributed by atoms with van der Waals surface area (Å²) >= 11 is 5.84. The summed E-state index contributed by atoms with van der Waals surface area (Å²) in [4.78, 5) is 2.40. The number of likely N-dealkylation sites (tertiary alicyclic amines) is 1. The van der Waals surface area contributed by atoms with Gasteiger partial charge in [0.25, 0.3) is 0 Å². The van der Waals surface area contributed by atoms with Crippen LogP contribution in [-0.2, 0) is 4.74 Å². The van der Waals surface area contributed by atoms with Gasteiger partial charge in [-0.3, -0.25) is 4.90 Å². The molecule has 1 aromatic carbocycles. The van der Waals surface area contributed by atoms with Gasteiger partial charge in [-0.15, -0.1) is 0 Å².